The van der Waals surface area contributed by atoms with Crippen molar-refractivity contribution in [2.75, 3.05) is 13.6 Å². The van der Waals surface area contributed by atoms with E-state index in [-0.39, 0.29) is 0 Å². The van der Waals surface area contributed by atoms with Gasteiger partial charge in [0.15, 0.2) is 0 Å². The molecule has 1 aromatic rings. The highest BCUT2D eigenvalue weighted by Gasteiger charge is 1.98. The number of likely N-dealkylation sites (N-methyl/N-ethyl adjacent to an activating group) is 1. The van der Waals surface area contributed by atoms with Crippen LogP contribution < -0.4 is 5.32 Å². The highest BCUT2D eigenvalue weighted by atomic mass is 35.5. The minimum Gasteiger partial charge on any atom is -0.316 e. The van der Waals surface area contributed by atoms with Gasteiger partial charge in [-0.05, 0) is 30.8 Å². The van der Waals surface area contributed by atoms with E-state index in [2.05, 4.69) is 11.4 Å². The van der Waals surface area contributed by atoms with Crippen molar-refractivity contribution in [2.45, 2.75) is 0 Å². The Morgan fingerprint density at radius 3 is 3.00 bits per heavy atom. The van der Waals surface area contributed by atoms with Gasteiger partial charge in [0.1, 0.15) is 0 Å². The van der Waals surface area contributed by atoms with Crippen molar-refractivity contribution in [1.82, 2.24) is 5.32 Å². The van der Waals surface area contributed by atoms with E-state index in [9.17, 15) is 0 Å². The predicted molar refractivity (Wildman–Crippen MR) is 59.1 cm³/mol. The van der Waals surface area contributed by atoms with Gasteiger partial charge in [-0.2, -0.15) is 5.26 Å². The van der Waals surface area contributed by atoms with E-state index in [0.717, 1.165) is 12.1 Å². The van der Waals surface area contributed by atoms with Crippen molar-refractivity contribution in [2.24, 2.45) is 0 Å². The average molecular weight is 207 g/mol. The van der Waals surface area contributed by atoms with E-state index in [1.807, 2.05) is 19.2 Å². The van der Waals surface area contributed by atoms with Gasteiger partial charge >= 0.3 is 0 Å². The Hall–Kier alpha value is -1.30. The largest absolute Gasteiger partial charge is 0.316 e. The van der Waals surface area contributed by atoms with Gasteiger partial charge in [-0.1, -0.05) is 23.8 Å². The summed E-state index contributed by atoms with van der Waals surface area (Å²) in [6.07, 6.45) is 3.84. The summed E-state index contributed by atoms with van der Waals surface area (Å²) >= 11 is 5.83. The number of nitriles is 1. The minimum atomic E-state index is 0.641. The maximum Gasteiger partial charge on any atom is 0.0997 e. The van der Waals surface area contributed by atoms with E-state index in [1.165, 1.54) is 0 Å². The highest BCUT2D eigenvalue weighted by molar-refractivity contribution is 6.30. The van der Waals surface area contributed by atoms with Crippen LogP contribution in [0.3, 0.4) is 0 Å². The van der Waals surface area contributed by atoms with Gasteiger partial charge in [-0.15, -0.1) is 0 Å². The number of nitrogens with zero attached hydrogens (tertiary/aromatic N) is 1. The SMILES string of the molecule is CNCC=Cc1cc(Cl)ccc1C#N. The van der Waals surface area contributed by atoms with Gasteiger partial charge in [0.05, 0.1) is 11.6 Å². The second kappa shape index (κ2) is 5.43. The Labute approximate surface area is 88.8 Å². The van der Waals surface area contributed by atoms with Crippen LogP contribution in [0.2, 0.25) is 5.02 Å². The summed E-state index contributed by atoms with van der Waals surface area (Å²) in [6.45, 7) is 0.775. The monoisotopic (exact) mass is 206 g/mol. The molecule has 72 valence electrons. The normalized spacial score (nSPS) is 10.4. The standard InChI is InChI=1S/C11H11ClN2/c1-14-6-2-3-9-7-11(12)5-4-10(9)8-13/h2-5,7,14H,6H2,1H3. The number of nitrogens with one attached hydrogen (secondary N) is 1. The Bertz CT molecular complexity index is 377. The molecule has 0 saturated heterocycles. The second-order valence-corrected chi connectivity index (χ2v) is 3.24. The molecule has 0 atom stereocenters. The molecule has 0 aliphatic heterocycles. The quantitative estimate of drug-likeness (QED) is 0.825. The van der Waals surface area contributed by atoms with E-state index in [0.29, 0.717) is 10.6 Å². The number of hydrogen-bond donors (Lipinski definition) is 1. The lowest BCUT2D eigenvalue weighted by Crippen LogP contribution is -2.03. The Balaban J connectivity index is 2.94. The molecular weight excluding hydrogens is 196 g/mol. The molecule has 1 rings (SSSR count). The molecule has 0 fully saturated rings. The molecule has 14 heavy (non-hydrogen) atoms. The van der Waals surface area contributed by atoms with Crippen LogP contribution in [0.5, 0.6) is 0 Å². The van der Waals surface area contributed by atoms with Crippen LogP contribution in [-0.4, -0.2) is 13.6 Å². The molecule has 0 spiro atoms. The third-order valence-electron chi connectivity index (χ3n) is 1.75. The maximum absolute atomic E-state index is 8.82. The van der Waals surface area contributed by atoms with Crippen LogP contribution in [0.1, 0.15) is 11.1 Å². The lowest BCUT2D eigenvalue weighted by molar-refractivity contribution is 0.922. The van der Waals surface area contributed by atoms with Gasteiger partial charge < -0.3 is 5.32 Å². The summed E-state index contributed by atoms with van der Waals surface area (Å²) in [7, 11) is 1.87. The smallest absolute Gasteiger partial charge is 0.0997 e. The molecule has 0 unspecified atom stereocenters. The predicted octanol–water partition coefficient (Wildman–Crippen LogP) is 2.44. The van der Waals surface area contributed by atoms with Crippen molar-refractivity contribution in [3.63, 3.8) is 0 Å². The fourth-order valence-corrected chi connectivity index (χ4v) is 1.26. The average Bonchev–Trinajstić information content (AvgIpc) is 2.19. The highest BCUT2D eigenvalue weighted by Crippen LogP contribution is 2.16. The number of hydrogen-bond acceptors (Lipinski definition) is 2. The first-order valence-corrected chi connectivity index (χ1v) is 4.66. The summed E-state index contributed by atoms with van der Waals surface area (Å²) in [5.74, 6) is 0. The number of rotatable bonds is 3. The first-order valence-electron chi connectivity index (χ1n) is 4.28. The molecule has 0 saturated carbocycles. The molecule has 0 bridgehead atoms. The van der Waals surface area contributed by atoms with Crippen LogP contribution in [0.25, 0.3) is 6.08 Å². The van der Waals surface area contributed by atoms with Gasteiger partial charge in [0, 0.05) is 11.6 Å². The van der Waals surface area contributed by atoms with Crippen molar-refractivity contribution < 1.29 is 0 Å². The minimum absolute atomic E-state index is 0.641. The molecule has 3 heteroatoms. The first kappa shape index (κ1) is 10.8. The molecule has 2 nitrogen and oxygen atoms in total. The molecule has 0 amide bonds. The molecule has 0 aliphatic carbocycles. The molecule has 0 aliphatic rings. The van der Waals surface area contributed by atoms with Crippen LogP contribution in [-0.2, 0) is 0 Å². The fourth-order valence-electron chi connectivity index (χ4n) is 1.08. The van der Waals surface area contributed by atoms with Crippen molar-refractivity contribution in [3.05, 3.63) is 40.4 Å². The molecule has 1 aromatic carbocycles. The van der Waals surface area contributed by atoms with Crippen LogP contribution in [0.15, 0.2) is 24.3 Å². The zero-order valence-electron chi connectivity index (χ0n) is 7.92. The zero-order valence-corrected chi connectivity index (χ0v) is 8.67. The van der Waals surface area contributed by atoms with Gasteiger partial charge in [-0.25, -0.2) is 0 Å². The van der Waals surface area contributed by atoms with Crippen LogP contribution in [0, 0.1) is 11.3 Å². The lowest BCUT2D eigenvalue weighted by atomic mass is 10.1. The van der Waals surface area contributed by atoms with Crippen molar-refractivity contribution in [1.29, 1.82) is 5.26 Å². The van der Waals surface area contributed by atoms with E-state index in [1.54, 1.807) is 18.2 Å². The van der Waals surface area contributed by atoms with Crippen LogP contribution in [0.4, 0.5) is 0 Å². The molecule has 0 radical (unpaired) electrons. The third kappa shape index (κ3) is 2.88. The fraction of sp³-hybridized carbons (Fsp3) is 0.182. The Morgan fingerprint density at radius 1 is 1.57 bits per heavy atom. The van der Waals surface area contributed by atoms with E-state index >= 15 is 0 Å². The number of halogens is 1. The third-order valence-corrected chi connectivity index (χ3v) is 1.99. The topological polar surface area (TPSA) is 35.8 Å². The van der Waals surface area contributed by atoms with Gasteiger partial charge in [-0.3, -0.25) is 0 Å². The van der Waals surface area contributed by atoms with Crippen LogP contribution >= 0.6 is 11.6 Å². The summed E-state index contributed by atoms with van der Waals surface area (Å²) in [5, 5.41) is 12.5. The number of benzene rings is 1. The van der Waals surface area contributed by atoms with Crippen molar-refractivity contribution >= 4 is 17.7 Å². The zero-order chi connectivity index (χ0) is 10.4. The molecule has 1 N–H and O–H groups in total. The lowest BCUT2D eigenvalue weighted by Gasteiger charge is -1.98. The summed E-state index contributed by atoms with van der Waals surface area (Å²) in [5.41, 5.74) is 1.50. The van der Waals surface area contributed by atoms with Gasteiger partial charge in [0.2, 0.25) is 0 Å². The molecule has 0 aromatic heterocycles. The maximum atomic E-state index is 8.82. The van der Waals surface area contributed by atoms with E-state index < -0.39 is 0 Å². The van der Waals surface area contributed by atoms with Gasteiger partial charge in [0.25, 0.3) is 0 Å². The summed E-state index contributed by atoms with van der Waals surface area (Å²) < 4.78 is 0. The Morgan fingerprint density at radius 2 is 2.36 bits per heavy atom. The molecular formula is C11H11ClN2. The Kier molecular flexibility index (Phi) is 4.18. The van der Waals surface area contributed by atoms with Crippen molar-refractivity contribution in [3.8, 4) is 6.07 Å². The summed E-state index contributed by atoms with van der Waals surface area (Å²) in [6, 6.07) is 7.34. The first-order chi connectivity index (χ1) is 6.77. The molecule has 0 heterocycles. The second-order valence-electron chi connectivity index (χ2n) is 2.80. The summed E-state index contributed by atoms with van der Waals surface area (Å²) in [4.78, 5) is 0. The van der Waals surface area contributed by atoms with E-state index in [4.69, 9.17) is 16.9 Å².